The number of hydrogen-bond donors (Lipinski definition) is 1. The van der Waals surface area contributed by atoms with Crippen molar-refractivity contribution in [2.24, 2.45) is 10.2 Å². The summed E-state index contributed by atoms with van der Waals surface area (Å²) >= 11 is 2.62. The van der Waals surface area contributed by atoms with Crippen LogP contribution in [0.4, 0.5) is 5.69 Å². The highest BCUT2D eigenvalue weighted by molar-refractivity contribution is 8.16. The van der Waals surface area contributed by atoms with Gasteiger partial charge in [-0.2, -0.15) is 5.10 Å². The Bertz CT molecular complexity index is 847. The minimum atomic E-state index is -1.03. The molecule has 0 unspecified atom stereocenters. The number of carbonyl (C=O) groups is 2. The molecule has 1 amide bonds. The molecule has 1 aromatic heterocycles. The number of aliphatic carboxylic acids is 1. The Morgan fingerprint density at radius 3 is 2.73 bits per heavy atom. The average molecular weight is 389 g/mol. The topological polar surface area (TPSA) is 91.6 Å². The molecule has 0 radical (unpaired) electrons. The van der Waals surface area contributed by atoms with Crippen molar-refractivity contribution >= 4 is 52.0 Å². The molecular formula is C17H15N3O4S2. The van der Waals surface area contributed by atoms with E-state index in [1.54, 1.807) is 37.6 Å². The van der Waals surface area contributed by atoms with E-state index in [9.17, 15) is 9.59 Å². The number of carbonyl (C=O) groups excluding carboxylic acids is 1. The standard InChI is InChI=1S/C17H15N3O4S2/c1-24-12-6-4-11(5-7-12)20-16(23)14(9-15(21)22)26-17(20)19-18-10-13-3-2-8-25-13/h2-8,10,14H,9H2,1H3,(H,21,22)/b18-10-,19-17+/t14-/m0/s1. The summed E-state index contributed by atoms with van der Waals surface area (Å²) in [6, 6.07) is 10.7. The molecule has 1 N–H and O–H groups in total. The molecule has 1 fully saturated rings. The number of ether oxygens (including phenoxy) is 1. The molecule has 0 saturated carbocycles. The fraction of sp³-hybridized carbons (Fsp3) is 0.176. The Labute approximate surface area is 158 Å². The van der Waals surface area contributed by atoms with Crippen LogP contribution in [0, 0.1) is 0 Å². The highest BCUT2D eigenvalue weighted by Gasteiger charge is 2.40. The maximum atomic E-state index is 12.7. The van der Waals surface area contributed by atoms with Crippen LogP contribution in [0.15, 0.2) is 52.0 Å². The van der Waals surface area contributed by atoms with Crippen molar-refractivity contribution in [3.63, 3.8) is 0 Å². The molecular weight excluding hydrogens is 374 g/mol. The fourth-order valence-electron chi connectivity index (χ4n) is 2.29. The zero-order valence-corrected chi connectivity index (χ0v) is 15.4. The molecule has 2 aromatic rings. The smallest absolute Gasteiger partial charge is 0.305 e. The second-order valence-electron chi connectivity index (χ2n) is 5.22. The Morgan fingerprint density at radius 2 is 2.12 bits per heavy atom. The van der Waals surface area contributed by atoms with E-state index in [-0.39, 0.29) is 12.3 Å². The lowest BCUT2D eigenvalue weighted by Crippen LogP contribution is -2.32. The Kier molecular flexibility index (Phi) is 5.69. The molecule has 3 rings (SSSR count). The molecule has 1 aromatic carbocycles. The maximum Gasteiger partial charge on any atom is 0.305 e. The van der Waals surface area contributed by atoms with Gasteiger partial charge in [0.25, 0.3) is 0 Å². The monoisotopic (exact) mass is 389 g/mol. The van der Waals surface area contributed by atoms with Gasteiger partial charge in [-0.1, -0.05) is 17.8 Å². The second-order valence-corrected chi connectivity index (χ2v) is 7.37. The molecule has 0 spiro atoms. The van der Waals surface area contributed by atoms with E-state index < -0.39 is 11.2 Å². The third-order valence-electron chi connectivity index (χ3n) is 3.50. The van der Waals surface area contributed by atoms with E-state index >= 15 is 0 Å². The molecule has 26 heavy (non-hydrogen) atoms. The first-order chi connectivity index (χ1) is 12.6. The van der Waals surface area contributed by atoms with Crippen molar-refractivity contribution in [1.82, 2.24) is 0 Å². The van der Waals surface area contributed by atoms with Crippen LogP contribution < -0.4 is 9.64 Å². The van der Waals surface area contributed by atoms with Gasteiger partial charge in [-0.25, -0.2) is 0 Å². The third-order valence-corrected chi connectivity index (χ3v) is 5.43. The summed E-state index contributed by atoms with van der Waals surface area (Å²) in [4.78, 5) is 26.0. The zero-order chi connectivity index (χ0) is 18.5. The summed E-state index contributed by atoms with van der Waals surface area (Å²) in [7, 11) is 1.56. The number of carboxylic acids is 1. The molecule has 1 aliphatic heterocycles. The molecule has 0 bridgehead atoms. The van der Waals surface area contributed by atoms with E-state index in [1.807, 2.05) is 17.5 Å². The van der Waals surface area contributed by atoms with Crippen molar-refractivity contribution in [2.75, 3.05) is 12.0 Å². The summed E-state index contributed by atoms with van der Waals surface area (Å²) in [6.45, 7) is 0. The van der Waals surface area contributed by atoms with Gasteiger partial charge in [-0.15, -0.1) is 16.4 Å². The van der Waals surface area contributed by atoms with Crippen LogP contribution in [-0.2, 0) is 9.59 Å². The predicted octanol–water partition coefficient (Wildman–Crippen LogP) is 3.07. The average Bonchev–Trinajstić information content (AvgIpc) is 3.24. The van der Waals surface area contributed by atoms with Crippen LogP contribution in [0.3, 0.4) is 0 Å². The van der Waals surface area contributed by atoms with Gasteiger partial charge in [0.15, 0.2) is 5.17 Å². The van der Waals surface area contributed by atoms with Gasteiger partial charge in [-0.3, -0.25) is 14.5 Å². The highest BCUT2D eigenvalue weighted by Crippen LogP contribution is 2.34. The van der Waals surface area contributed by atoms with Crippen molar-refractivity contribution in [1.29, 1.82) is 0 Å². The van der Waals surface area contributed by atoms with Crippen LogP contribution in [0.25, 0.3) is 0 Å². The van der Waals surface area contributed by atoms with Crippen LogP contribution in [0.2, 0.25) is 0 Å². The first-order valence-electron chi connectivity index (χ1n) is 7.59. The molecule has 2 heterocycles. The van der Waals surface area contributed by atoms with Crippen molar-refractivity contribution in [3.8, 4) is 5.75 Å². The van der Waals surface area contributed by atoms with Crippen molar-refractivity contribution in [3.05, 3.63) is 46.7 Å². The Hall–Kier alpha value is -2.65. The summed E-state index contributed by atoms with van der Waals surface area (Å²) in [5.74, 6) is -0.703. The van der Waals surface area contributed by atoms with Crippen LogP contribution >= 0.6 is 23.1 Å². The lowest BCUT2D eigenvalue weighted by atomic mass is 10.2. The minimum absolute atomic E-state index is 0.274. The zero-order valence-electron chi connectivity index (χ0n) is 13.7. The van der Waals surface area contributed by atoms with E-state index in [0.717, 1.165) is 16.6 Å². The quantitative estimate of drug-likeness (QED) is 0.606. The summed E-state index contributed by atoms with van der Waals surface area (Å²) in [6.07, 6.45) is 1.32. The first-order valence-corrected chi connectivity index (χ1v) is 9.35. The number of anilines is 1. The summed E-state index contributed by atoms with van der Waals surface area (Å²) in [5.41, 5.74) is 0.585. The molecule has 134 valence electrons. The van der Waals surface area contributed by atoms with Crippen LogP contribution in [-0.4, -0.2) is 40.7 Å². The Balaban J connectivity index is 1.89. The number of nitrogens with zero attached hydrogens (tertiary/aromatic N) is 3. The van der Waals surface area contributed by atoms with Gasteiger partial charge >= 0.3 is 5.97 Å². The third kappa shape index (κ3) is 4.12. The van der Waals surface area contributed by atoms with E-state index in [2.05, 4.69) is 10.2 Å². The SMILES string of the molecule is COc1ccc(N2C(=O)[C@H](CC(=O)O)S/C2=N/N=C\c2cccs2)cc1. The van der Waals surface area contributed by atoms with Crippen LogP contribution in [0.1, 0.15) is 11.3 Å². The Morgan fingerprint density at radius 1 is 1.35 bits per heavy atom. The molecule has 9 heteroatoms. The van der Waals surface area contributed by atoms with E-state index in [0.29, 0.717) is 16.6 Å². The van der Waals surface area contributed by atoms with Crippen LogP contribution in [0.5, 0.6) is 5.75 Å². The summed E-state index contributed by atoms with van der Waals surface area (Å²) < 4.78 is 5.13. The first kappa shape index (κ1) is 18.2. The number of thiophene rings is 1. The van der Waals surface area contributed by atoms with E-state index in [4.69, 9.17) is 9.84 Å². The normalized spacial score (nSPS) is 18.8. The number of methoxy groups -OCH3 is 1. The minimum Gasteiger partial charge on any atom is -0.497 e. The van der Waals surface area contributed by atoms with Crippen molar-refractivity contribution < 1.29 is 19.4 Å². The number of amidine groups is 1. The number of rotatable bonds is 6. The number of benzene rings is 1. The molecule has 1 aliphatic rings. The van der Waals surface area contributed by atoms with Gasteiger partial charge < -0.3 is 9.84 Å². The molecule has 1 saturated heterocycles. The predicted molar refractivity (Wildman–Crippen MR) is 103 cm³/mol. The largest absolute Gasteiger partial charge is 0.497 e. The highest BCUT2D eigenvalue weighted by atomic mass is 32.2. The lowest BCUT2D eigenvalue weighted by molar-refractivity contribution is -0.138. The molecule has 7 nitrogen and oxygen atoms in total. The molecule has 0 aliphatic carbocycles. The van der Waals surface area contributed by atoms with Gasteiger partial charge in [0, 0.05) is 4.88 Å². The number of thioether (sulfide) groups is 1. The van der Waals surface area contributed by atoms with Crippen molar-refractivity contribution in [2.45, 2.75) is 11.7 Å². The van der Waals surface area contributed by atoms with Gasteiger partial charge in [0.2, 0.25) is 5.91 Å². The number of amides is 1. The van der Waals surface area contributed by atoms with E-state index in [1.165, 1.54) is 16.2 Å². The van der Waals surface area contributed by atoms with Gasteiger partial charge in [0.05, 0.1) is 25.4 Å². The molecule has 1 atom stereocenters. The maximum absolute atomic E-state index is 12.7. The second kappa shape index (κ2) is 8.15. The fourth-order valence-corrected chi connectivity index (χ4v) is 3.95. The lowest BCUT2D eigenvalue weighted by Gasteiger charge is -2.16. The van der Waals surface area contributed by atoms with Gasteiger partial charge in [0.1, 0.15) is 11.0 Å². The summed E-state index contributed by atoms with van der Waals surface area (Å²) in [5, 5.41) is 18.8. The number of carboxylic acid groups (broad SMARTS) is 1. The van der Waals surface area contributed by atoms with Gasteiger partial charge in [-0.05, 0) is 35.7 Å². The number of hydrogen-bond acceptors (Lipinski definition) is 7.